The average molecular weight is 443 g/mol. The number of halogens is 1. The van der Waals surface area contributed by atoms with Crippen molar-refractivity contribution in [1.82, 2.24) is 15.5 Å². The van der Waals surface area contributed by atoms with E-state index in [9.17, 15) is 9.50 Å². The average Bonchev–Trinajstić information content (AvgIpc) is 2.78. The summed E-state index contributed by atoms with van der Waals surface area (Å²) in [6, 6.07) is 14.8. The van der Waals surface area contributed by atoms with Crippen LogP contribution in [0.2, 0.25) is 0 Å². The van der Waals surface area contributed by atoms with Crippen LogP contribution in [0.15, 0.2) is 53.5 Å². The predicted molar refractivity (Wildman–Crippen MR) is 126 cm³/mol. The summed E-state index contributed by atoms with van der Waals surface area (Å²) in [5, 5.41) is 17.0. The van der Waals surface area contributed by atoms with Crippen LogP contribution in [0.3, 0.4) is 0 Å². The van der Waals surface area contributed by atoms with Crippen molar-refractivity contribution in [1.29, 1.82) is 0 Å². The monoisotopic (exact) mass is 442 g/mol. The number of aryl methyl sites for hydroxylation is 1. The fraction of sp³-hybridized carbons (Fsp3) is 0.480. The van der Waals surface area contributed by atoms with E-state index in [4.69, 9.17) is 4.74 Å². The third-order valence-corrected chi connectivity index (χ3v) is 5.48. The maximum absolute atomic E-state index is 13.0. The van der Waals surface area contributed by atoms with Gasteiger partial charge in [-0.15, -0.1) is 0 Å². The number of nitrogens with zero attached hydrogens (tertiary/aromatic N) is 2. The highest BCUT2D eigenvalue weighted by Gasteiger charge is 2.20. The molecule has 2 aromatic carbocycles. The zero-order valence-corrected chi connectivity index (χ0v) is 19.1. The lowest BCUT2D eigenvalue weighted by molar-refractivity contribution is 0.114. The Labute approximate surface area is 190 Å². The second-order valence-electron chi connectivity index (χ2n) is 8.32. The van der Waals surface area contributed by atoms with Gasteiger partial charge in [0.25, 0.3) is 0 Å². The van der Waals surface area contributed by atoms with E-state index in [1.54, 1.807) is 12.1 Å². The van der Waals surface area contributed by atoms with E-state index in [2.05, 4.69) is 51.7 Å². The van der Waals surface area contributed by atoms with Gasteiger partial charge in [-0.2, -0.15) is 0 Å². The van der Waals surface area contributed by atoms with E-state index < -0.39 is 6.10 Å². The third kappa shape index (κ3) is 8.13. The summed E-state index contributed by atoms with van der Waals surface area (Å²) in [7, 11) is 0. The normalized spacial score (nSPS) is 16.6. The Morgan fingerprint density at radius 2 is 1.97 bits per heavy atom. The number of rotatable bonds is 9. The Morgan fingerprint density at radius 1 is 1.22 bits per heavy atom. The maximum atomic E-state index is 13.0. The van der Waals surface area contributed by atoms with Crippen LogP contribution in [0.1, 0.15) is 30.9 Å². The van der Waals surface area contributed by atoms with Crippen LogP contribution in [0.4, 0.5) is 4.39 Å². The minimum absolute atomic E-state index is 0.103. The number of aliphatic hydroxyl groups excluding tert-OH is 1. The first-order valence-corrected chi connectivity index (χ1v) is 11.4. The molecule has 1 atom stereocenters. The second-order valence-corrected chi connectivity index (χ2v) is 8.32. The molecule has 0 bridgehead atoms. The van der Waals surface area contributed by atoms with Gasteiger partial charge < -0.3 is 20.5 Å². The molecule has 0 saturated carbocycles. The molecule has 1 aliphatic heterocycles. The summed E-state index contributed by atoms with van der Waals surface area (Å²) in [5.74, 6) is 0.923. The molecule has 1 unspecified atom stereocenters. The van der Waals surface area contributed by atoms with Crippen LogP contribution < -0.4 is 15.4 Å². The summed E-state index contributed by atoms with van der Waals surface area (Å²) in [5.41, 5.74) is 2.67. The molecule has 0 spiro atoms. The first kappa shape index (κ1) is 24.0. The molecular formula is C25H35FN4O2. The topological polar surface area (TPSA) is 69.1 Å². The number of guanidine groups is 1. The first-order chi connectivity index (χ1) is 15.5. The number of hydrogen-bond donors (Lipinski definition) is 3. The lowest BCUT2D eigenvalue weighted by Crippen LogP contribution is -2.48. The predicted octanol–water partition coefficient (Wildman–Crippen LogP) is 3.09. The fourth-order valence-corrected chi connectivity index (χ4v) is 3.79. The van der Waals surface area contributed by atoms with Crippen molar-refractivity contribution in [3.8, 4) is 5.75 Å². The molecule has 1 saturated heterocycles. The molecule has 7 heteroatoms. The van der Waals surface area contributed by atoms with Crippen LogP contribution in [0.5, 0.6) is 5.75 Å². The first-order valence-electron chi connectivity index (χ1n) is 11.4. The van der Waals surface area contributed by atoms with Crippen molar-refractivity contribution in [2.75, 3.05) is 32.8 Å². The van der Waals surface area contributed by atoms with Crippen LogP contribution in [-0.4, -0.2) is 60.9 Å². The van der Waals surface area contributed by atoms with Gasteiger partial charge in [-0.05, 0) is 56.5 Å². The molecular weight excluding hydrogens is 407 g/mol. The summed E-state index contributed by atoms with van der Waals surface area (Å²) in [4.78, 5) is 7.01. The Bertz CT molecular complexity index is 851. The summed E-state index contributed by atoms with van der Waals surface area (Å²) in [6.07, 6.45) is 1.35. The smallest absolute Gasteiger partial charge is 0.191 e. The second kappa shape index (κ2) is 12.4. The molecule has 0 radical (unpaired) electrons. The minimum atomic E-state index is -0.744. The molecule has 3 rings (SSSR count). The SMILES string of the molecule is CCNC(=NCC(O)COc1ccc(F)cc1)NC1CCN(Cc2cccc(C)c2)CC1. The Morgan fingerprint density at radius 3 is 2.66 bits per heavy atom. The Hall–Kier alpha value is -2.64. The lowest BCUT2D eigenvalue weighted by atomic mass is 10.0. The number of ether oxygens (including phenoxy) is 1. The number of hydrogen-bond acceptors (Lipinski definition) is 4. The number of piperidine rings is 1. The van der Waals surface area contributed by atoms with E-state index in [0.717, 1.165) is 39.0 Å². The maximum Gasteiger partial charge on any atom is 0.191 e. The van der Waals surface area contributed by atoms with Gasteiger partial charge in [-0.3, -0.25) is 9.89 Å². The third-order valence-electron chi connectivity index (χ3n) is 5.48. The Balaban J connectivity index is 1.42. The van der Waals surface area contributed by atoms with Gasteiger partial charge in [0.05, 0.1) is 6.54 Å². The highest BCUT2D eigenvalue weighted by Crippen LogP contribution is 2.15. The number of benzene rings is 2. The van der Waals surface area contributed by atoms with Crippen molar-refractivity contribution < 1.29 is 14.2 Å². The van der Waals surface area contributed by atoms with Gasteiger partial charge in [0.15, 0.2) is 5.96 Å². The van der Waals surface area contributed by atoms with Gasteiger partial charge >= 0.3 is 0 Å². The highest BCUT2D eigenvalue weighted by molar-refractivity contribution is 5.80. The zero-order valence-electron chi connectivity index (χ0n) is 19.1. The van der Waals surface area contributed by atoms with Gasteiger partial charge in [-0.1, -0.05) is 29.8 Å². The number of nitrogens with one attached hydrogen (secondary N) is 2. The number of aliphatic hydroxyl groups is 1. The van der Waals surface area contributed by atoms with E-state index in [0.29, 0.717) is 17.8 Å². The molecule has 1 fully saturated rings. The lowest BCUT2D eigenvalue weighted by Gasteiger charge is -2.33. The molecule has 2 aromatic rings. The molecule has 1 aliphatic rings. The van der Waals surface area contributed by atoms with Crippen molar-refractivity contribution in [2.45, 2.75) is 45.4 Å². The highest BCUT2D eigenvalue weighted by atomic mass is 19.1. The Kier molecular flexibility index (Phi) is 9.31. The molecule has 32 heavy (non-hydrogen) atoms. The van der Waals surface area contributed by atoms with E-state index in [-0.39, 0.29) is 19.0 Å². The van der Waals surface area contributed by atoms with Crippen LogP contribution in [-0.2, 0) is 6.54 Å². The van der Waals surface area contributed by atoms with Crippen molar-refractivity contribution in [3.63, 3.8) is 0 Å². The van der Waals surface area contributed by atoms with E-state index in [1.165, 1.54) is 23.3 Å². The quantitative estimate of drug-likeness (QED) is 0.411. The van der Waals surface area contributed by atoms with Gasteiger partial charge in [-0.25, -0.2) is 4.39 Å². The molecule has 0 amide bonds. The van der Waals surface area contributed by atoms with E-state index >= 15 is 0 Å². The van der Waals surface area contributed by atoms with Gasteiger partial charge in [0, 0.05) is 32.2 Å². The summed E-state index contributed by atoms with van der Waals surface area (Å²) >= 11 is 0. The minimum Gasteiger partial charge on any atom is -0.491 e. The van der Waals surface area contributed by atoms with Crippen molar-refractivity contribution in [2.24, 2.45) is 4.99 Å². The summed E-state index contributed by atoms with van der Waals surface area (Å²) in [6.45, 7) is 8.30. The zero-order chi connectivity index (χ0) is 22.8. The van der Waals surface area contributed by atoms with Crippen molar-refractivity contribution >= 4 is 5.96 Å². The van der Waals surface area contributed by atoms with Crippen molar-refractivity contribution in [3.05, 3.63) is 65.5 Å². The van der Waals surface area contributed by atoms with Crippen LogP contribution >= 0.6 is 0 Å². The molecule has 0 aromatic heterocycles. The van der Waals surface area contributed by atoms with Gasteiger partial charge in [0.2, 0.25) is 0 Å². The molecule has 0 aliphatic carbocycles. The number of likely N-dealkylation sites (tertiary alicyclic amines) is 1. The molecule has 6 nitrogen and oxygen atoms in total. The fourth-order valence-electron chi connectivity index (χ4n) is 3.79. The molecule has 174 valence electrons. The molecule has 3 N–H and O–H groups in total. The molecule has 1 heterocycles. The largest absolute Gasteiger partial charge is 0.491 e. The van der Waals surface area contributed by atoms with Crippen LogP contribution in [0, 0.1) is 12.7 Å². The number of aliphatic imine (C=N–C) groups is 1. The summed E-state index contributed by atoms with van der Waals surface area (Å²) < 4.78 is 18.5. The van der Waals surface area contributed by atoms with Crippen LogP contribution in [0.25, 0.3) is 0 Å². The van der Waals surface area contributed by atoms with Gasteiger partial charge in [0.1, 0.15) is 24.3 Å². The standard InChI is InChI=1S/C25H35FN4O2/c1-3-27-25(28-16-23(31)18-32-24-9-7-21(26)8-10-24)29-22-11-13-30(14-12-22)17-20-6-4-5-19(2)15-20/h4-10,15,22-23,31H,3,11-14,16-18H2,1-2H3,(H2,27,28,29). The van der Waals surface area contributed by atoms with E-state index in [1.807, 2.05) is 6.92 Å².